The minimum Gasteiger partial charge on any atom is -0.352 e. The van der Waals surface area contributed by atoms with Crippen molar-refractivity contribution in [3.63, 3.8) is 0 Å². The van der Waals surface area contributed by atoms with Crippen molar-refractivity contribution in [2.75, 3.05) is 24.5 Å². The number of aromatic nitrogens is 3. The van der Waals surface area contributed by atoms with E-state index in [1.165, 1.54) is 0 Å². The largest absolute Gasteiger partial charge is 0.352 e. The van der Waals surface area contributed by atoms with E-state index < -0.39 is 0 Å². The van der Waals surface area contributed by atoms with E-state index in [1.807, 2.05) is 0 Å². The molecule has 2 aromatic heterocycles. The van der Waals surface area contributed by atoms with Crippen LogP contribution in [0.15, 0.2) is 12.3 Å². The number of fused-ring (bicyclic) bond motifs is 1. The Hall–Kier alpha value is -1.86. The summed E-state index contributed by atoms with van der Waals surface area (Å²) in [6.07, 6.45) is 3.44. The minimum absolute atomic E-state index is 0.123. The number of anilines is 1. The van der Waals surface area contributed by atoms with Crippen LogP contribution in [-0.2, 0) is 0 Å². The average Bonchev–Trinajstić information content (AvgIpc) is 2.86. The topological polar surface area (TPSA) is 83.0 Å². The van der Waals surface area contributed by atoms with Crippen molar-refractivity contribution in [1.29, 1.82) is 0 Å². The molecule has 120 valence electrons. The average molecular weight is 353 g/mol. The highest BCUT2D eigenvalue weighted by atomic mass is 35.5. The molecule has 23 heavy (non-hydrogen) atoms. The Kier molecular flexibility index (Phi) is 3.42. The number of amides is 2. The van der Waals surface area contributed by atoms with Crippen molar-refractivity contribution in [1.82, 2.24) is 25.6 Å². The molecule has 1 spiro atoms. The number of pyridine rings is 1. The molecule has 2 aromatic rings. The summed E-state index contributed by atoms with van der Waals surface area (Å²) < 4.78 is 0. The molecular weight excluding hydrogens is 339 g/mol. The third kappa shape index (κ3) is 2.64. The van der Waals surface area contributed by atoms with Crippen LogP contribution in [-0.4, -0.2) is 46.2 Å². The van der Waals surface area contributed by atoms with Crippen LogP contribution in [0.3, 0.4) is 0 Å². The zero-order chi connectivity index (χ0) is 16.0. The van der Waals surface area contributed by atoms with E-state index in [4.69, 9.17) is 23.2 Å². The zero-order valence-electron chi connectivity index (χ0n) is 12.1. The molecular formula is C14H14Cl2N6O. The summed E-state index contributed by atoms with van der Waals surface area (Å²) in [5.74, 6) is 0.678. The molecule has 2 amide bonds. The summed E-state index contributed by atoms with van der Waals surface area (Å²) in [5, 5.41) is 6.53. The Morgan fingerprint density at radius 3 is 2.96 bits per heavy atom. The molecule has 0 radical (unpaired) electrons. The first-order valence-electron chi connectivity index (χ1n) is 7.34. The van der Waals surface area contributed by atoms with E-state index in [-0.39, 0.29) is 16.9 Å². The van der Waals surface area contributed by atoms with Crippen LogP contribution >= 0.6 is 23.2 Å². The molecule has 4 heterocycles. The van der Waals surface area contributed by atoms with E-state index in [0.717, 1.165) is 19.4 Å². The lowest BCUT2D eigenvalue weighted by Gasteiger charge is -2.40. The normalized spacial score (nSPS) is 24.1. The zero-order valence-corrected chi connectivity index (χ0v) is 13.7. The predicted molar refractivity (Wildman–Crippen MR) is 88.1 cm³/mol. The number of halogens is 2. The van der Waals surface area contributed by atoms with Gasteiger partial charge in [-0.05, 0) is 30.5 Å². The van der Waals surface area contributed by atoms with Gasteiger partial charge in [0.15, 0.2) is 5.82 Å². The highest BCUT2D eigenvalue weighted by molar-refractivity contribution is 6.31. The molecule has 0 saturated carbocycles. The molecule has 2 saturated heterocycles. The summed E-state index contributed by atoms with van der Waals surface area (Å²) >= 11 is 12.1. The van der Waals surface area contributed by atoms with Gasteiger partial charge < -0.3 is 15.5 Å². The molecule has 2 aliphatic heterocycles. The maximum atomic E-state index is 11.5. The van der Waals surface area contributed by atoms with Crippen LogP contribution in [0.1, 0.15) is 12.8 Å². The number of carbonyl (C=O) groups excluding carboxylic acids is 1. The molecule has 1 atom stereocenters. The van der Waals surface area contributed by atoms with E-state index >= 15 is 0 Å². The van der Waals surface area contributed by atoms with Crippen LogP contribution in [0.2, 0.25) is 10.3 Å². The molecule has 0 bridgehead atoms. The molecule has 4 rings (SSSR count). The van der Waals surface area contributed by atoms with Crippen molar-refractivity contribution >= 4 is 46.1 Å². The Morgan fingerprint density at radius 1 is 1.30 bits per heavy atom. The number of nitrogens with zero attached hydrogens (tertiary/aromatic N) is 4. The van der Waals surface area contributed by atoms with Crippen molar-refractivity contribution in [3.05, 3.63) is 22.6 Å². The van der Waals surface area contributed by atoms with E-state index in [2.05, 4.69) is 30.5 Å². The van der Waals surface area contributed by atoms with Crippen LogP contribution in [0.5, 0.6) is 0 Å². The molecule has 2 aliphatic rings. The Bertz CT molecular complexity index is 795. The van der Waals surface area contributed by atoms with Crippen LogP contribution in [0.25, 0.3) is 11.0 Å². The van der Waals surface area contributed by atoms with E-state index in [1.54, 1.807) is 12.3 Å². The van der Waals surface area contributed by atoms with Crippen LogP contribution in [0.4, 0.5) is 10.6 Å². The molecule has 7 nitrogen and oxygen atoms in total. The lowest BCUT2D eigenvalue weighted by atomic mass is 9.90. The highest BCUT2D eigenvalue weighted by Crippen LogP contribution is 2.31. The van der Waals surface area contributed by atoms with E-state index in [9.17, 15) is 4.79 Å². The highest BCUT2D eigenvalue weighted by Gasteiger charge is 2.41. The number of nitrogens with one attached hydrogen (secondary N) is 2. The van der Waals surface area contributed by atoms with Gasteiger partial charge in [0.2, 0.25) is 5.28 Å². The second-order valence-electron chi connectivity index (χ2n) is 5.95. The maximum Gasteiger partial charge on any atom is 0.315 e. The smallest absolute Gasteiger partial charge is 0.315 e. The minimum atomic E-state index is -0.272. The van der Waals surface area contributed by atoms with Crippen LogP contribution < -0.4 is 15.5 Å². The van der Waals surface area contributed by atoms with E-state index in [0.29, 0.717) is 35.0 Å². The number of hydrogen-bond acceptors (Lipinski definition) is 5. The van der Waals surface area contributed by atoms with Gasteiger partial charge in [-0.3, -0.25) is 0 Å². The summed E-state index contributed by atoms with van der Waals surface area (Å²) in [4.78, 5) is 26.6. The summed E-state index contributed by atoms with van der Waals surface area (Å²) in [6, 6.07) is 1.60. The maximum absolute atomic E-state index is 11.5. The fraction of sp³-hybridized carbons (Fsp3) is 0.429. The number of rotatable bonds is 1. The van der Waals surface area contributed by atoms with Gasteiger partial charge in [-0.2, -0.15) is 4.98 Å². The third-order valence-electron chi connectivity index (χ3n) is 4.30. The third-order valence-corrected chi connectivity index (χ3v) is 4.68. The number of hydrogen-bond donors (Lipinski definition) is 2. The first kappa shape index (κ1) is 14.7. The molecule has 0 aromatic carbocycles. The van der Waals surface area contributed by atoms with Gasteiger partial charge in [0.05, 0.1) is 16.1 Å². The van der Waals surface area contributed by atoms with Gasteiger partial charge in [0.25, 0.3) is 0 Å². The van der Waals surface area contributed by atoms with Gasteiger partial charge in [-0.25, -0.2) is 14.8 Å². The lowest BCUT2D eigenvalue weighted by Crippen LogP contribution is -2.56. The monoisotopic (exact) mass is 352 g/mol. The second kappa shape index (κ2) is 5.35. The number of carbonyl (C=O) groups is 1. The SMILES string of the molecule is O=C1NCC2(CCCN(c3nc(Cl)nc4cc(Cl)cnc34)C2)N1. The first-order chi connectivity index (χ1) is 11.0. The van der Waals surface area contributed by atoms with Gasteiger partial charge in [-0.1, -0.05) is 11.6 Å². The fourth-order valence-electron chi connectivity index (χ4n) is 3.31. The fourth-order valence-corrected chi connectivity index (χ4v) is 3.63. The molecule has 2 fully saturated rings. The molecule has 0 aliphatic carbocycles. The summed E-state index contributed by atoms with van der Waals surface area (Å²) in [7, 11) is 0. The quantitative estimate of drug-likeness (QED) is 0.766. The second-order valence-corrected chi connectivity index (χ2v) is 6.73. The molecule has 1 unspecified atom stereocenters. The van der Waals surface area contributed by atoms with Crippen LogP contribution in [0, 0.1) is 0 Å². The van der Waals surface area contributed by atoms with Crippen molar-refractivity contribution in [3.8, 4) is 0 Å². The van der Waals surface area contributed by atoms with Gasteiger partial charge in [0.1, 0.15) is 5.52 Å². The first-order valence-corrected chi connectivity index (χ1v) is 8.10. The summed E-state index contributed by atoms with van der Waals surface area (Å²) in [6.45, 7) is 2.08. The Balaban J connectivity index is 1.75. The molecule has 2 N–H and O–H groups in total. The van der Waals surface area contributed by atoms with Gasteiger partial charge in [-0.15, -0.1) is 0 Å². The van der Waals surface area contributed by atoms with Crippen molar-refractivity contribution in [2.24, 2.45) is 0 Å². The van der Waals surface area contributed by atoms with Gasteiger partial charge >= 0.3 is 6.03 Å². The van der Waals surface area contributed by atoms with Crippen molar-refractivity contribution < 1.29 is 4.79 Å². The number of urea groups is 1. The number of piperidine rings is 1. The summed E-state index contributed by atoms with van der Waals surface area (Å²) in [5.41, 5.74) is 1.000. The Morgan fingerprint density at radius 2 is 2.17 bits per heavy atom. The Labute approximate surface area is 142 Å². The van der Waals surface area contributed by atoms with Gasteiger partial charge in [0, 0.05) is 25.8 Å². The standard InChI is InChI=1S/C14H14Cl2N6O/c15-8-4-9-10(17-5-8)11(20-12(16)19-9)22-3-1-2-14(7-22)6-18-13(23)21-14/h4-5H,1-3,6-7H2,(H2,18,21,23). The van der Waals surface area contributed by atoms with Crippen molar-refractivity contribution in [2.45, 2.75) is 18.4 Å². The predicted octanol–water partition coefficient (Wildman–Crippen LogP) is 1.98. The lowest BCUT2D eigenvalue weighted by molar-refractivity contribution is 0.241. The molecule has 9 heteroatoms.